The van der Waals surface area contributed by atoms with Crippen LogP contribution in [-0.4, -0.2) is 30.0 Å². The molecule has 0 aliphatic heterocycles. The van der Waals surface area contributed by atoms with Crippen molar-refractivity contribution in [2.75, 3.05) is 12.9 Å². The molecule has 0 spiro atoms. The van der Waals surface area contributed by atoms with Gasteiger partial charge in [-0.2, -0.15) is 5.10 Å². The van der Waals surface area contributed by atoms with Crippen LogP contribution in [0.15, 0.2) is 76.2 Å². The predicted octanol–water partition coefficient (Wildman–Crippen LogP) is 5.78. The molecule has 1 N–H and O–H groups in total. The Morgan fingerprint density at radius 3 is 2.85 bits per heavy atom. The van der Waals surface area contributed by atoms with Crippen molar-refractivity contribution in [3.05, 3.63) is 82.9 Å². The summed E-state index contributed by atoms with van der Waals surface area (Å²) < 4.78 is 13.4. The molecule has 4 rings (SSSR count). The molecule has 0 saturated heterocycles. The van der Waals surface area contributed by atoms with E-state index in [1.54, 1.807) is 24.5 Å². The molecule has 1 heterocycles. The Morgan fingerprint density at radius 1 is 1.18 bits per heavy atom. The molecule has 0 aliphatic rings. The van der Waals surface area contributed by atoms with Crippen molar-refractivity contribution in [1.29, 1.82) is 0 Å². The van der Waals surface area contributed by atoms with E-state index in [0.29, 0.717) is 28.7 Å². The average Bonchev–Trinajstić information content (AvgIpc) is 3.25. The second kappa shape index (κ2) is 11.2. The highest BCUT2D eigenvalue weighted by molar-refractivity contribution is 8.01. The maximum absolute atomic E-state index is 12.2. The van der Waals surface area contributed by atoms with Crippen molar-refractivity contribution in [2.24, 2.45) is 5.10 Å². The lowest BCUT2D eigenvalue weighted by atomic mass is 10.2. The van der Waals surface area contributed by atoms with Gasteiger partial charge in [-0.15, -0.1) is 11.3 Å². The third-order valence-electron chi connectivity index (χ3n) is 4.50. The second-order valence-corrected chi connectivity index (χ2v) is 9.52. The van der Waals surface area contributed by atoms with Gasteiger partial charge < -0.3 is 9.47 Å². The maximum atomic E-state index is 12.2. The number of rotatable bonds is 9. The molecule has 3 aromatic carbocycles. The minimum absolute atomic E-state index is 0.216. The number of carbonyl (C=O) groups is 1. The van der Waals surface area contributed by atoms with Crippen molar-refractivity contribution < 1.29 is 14.3 Å². The van der Waals surface area contributed by atoms with Gasteiger partial charge in [0.05, 0.1) is 29.3 Å². The van der Waals surface area contributed by atoms with Crippen molar-refractivity contribution in [1.82, 2.24) is 10.4 Å². The van der Waals surface area contributed by atoms with Gasteiger partial charge in [-0.1, -0.05) is 53.7 Å². The number of fused-ring (bicyclic) bond motifs is 1. The quantitative estimate of drug-likeness (QED) is 0.180. The van der Waals surface area contributed by atoms with Crippen LogP contribution in [-0.2, 0) is 11.4 Å². The molecule has 0 aliphatic carbocycles. The zero-order valence-corrected chi connectivity index (χ0v) is 20.0. The van der Waals surface area contributed by atoms with Crippen LogP contribution in [0.2, 0.25) is 5.02 Å². The number of amides is 1. The first kappa shape index (κ1) is 23.1. The molecular weight excluding hydrogens is 478 g/mol. The highest BCUT2D eigenvalue weighted by atomic mass is 35.5. The fraction of sp³-hybridized carbons (Fsp3) is 0.125. The number of thioether (sulfide) groups is 1. The Hall–Kier alpha value is -3.07. The molecule has 4 aromatic rings. The van der Waals surface area contributed by atoms with Crippen molar-refractivity contribution >= 4 is 57.0 Å². The molecule has 6 nitrogen and oxygen atoms in total. The average molecular weight is 498 g/mol. The van der Waals surface area contributed by atoms with Crippen LogP contribution < -0.4 is 14.9 Å². The summed E-state index contributed by atoms with van der Waals surface area (Å²) >= 11 is 9.00. The summed E-state index contributed by atoms with van der Waals surface area (Å²) in [5.41, 5.74) is 5.09. The van der Waals surface area contributed by atoms with Crippen LogP contribution in [0.4, 0.5) is 0 Å². The predicted molar refractivity (Wildman–Crippen MR) is 135 cm³/mol. The summed E-state index contributed by atoms with van der Waals surface area (Å²) in [7, 11) is 1.57. The van der Waals surface area contributed by atoms with Gasteiger partial charge in [0, 0.05) is 10.6 Å². The van der Waals surface area contributed by atoms with Crippen LogP contribution in [0.5, 0.6) is 11.5 Å². The lowest BCUT2D eigenvalue weighted by Gasteiger charge is -2.13. The monoisotopic (exact) mass is 497 g/mol. The van der Waals surface area contributed by atoms with Gasteiger partial charge >= 0.3 is 0 Å². The number of methoxy groups -OCH3 is 1. The Bertz CT molecular complexity index is 1260. The molecule has 0 unspecified atom stereocenters. The zero-order valence-electron chi connectivity index (χ0n) is 17.7. The number of ether oxygens (including phenoxy) is 2. The Labute approximate surface area is 204 Å². The van der Waals surface area contributed by atoms with E-state index in [4.69, 9.17) is 21.1 Å². The summed E-state index contributed by atoms with van der Waals surface area (Å²) in [6.07, 6.45) is 1.54. The Balaban J connectivity index is 1.37. The largest absolute Gasteiger partial charge is 0.493 e. The number of hydrogen-bond donors (Lipinski definition) is 1. The lowest BCUT2D eigenvalue weighted by molar-refractivity contribution is -0.118. The molecule has 0 radical (unpaired) electrons. The highest BCUT2D eigenvalue weighted by Crippen LogP contribution is 2.31. The topological polar surface area (TPSA) is 72.8 Å². The number of hydrazone groups is 1. The molecule has 1 aromatic heterocycles. The van der Waals surface area contributed by atoms with Gasteiger partial charge in [-0.05, 0) is 42.0 Å². The number of carbonyl (C=O) groups excluding carboxylic acids is 1. The van der Waals surface area contributed by atoms with Gasteiger partial charge in [0.15, 0.2) is 15.8 Å². The molecule has 0 atom stereocenters. The maximum Gasteiger partial charge on any atom is 0.250 e. The first-order valence-corrected chi connectivity index (χ1v) is 12.1. The normalized spacial score (nSPS) is 11.1. The van der Waals surface area contributed by atoms with E-state index in [2.05, 4.69) is 15.5 Å². The van der Waals surface area contributed by atoms with Gasteiger partial charge in [-0.3, -0.25) is 4.79 Å². The summed E-state index contributed by atoms with van der Waals surface area (Å²) in [5, 5.41) is 4.73. The molecular formula is C24H20ClN3O3S2. The fourth-order valence-electron chi connectivity index (χ4n) is 2.98. The van der Waals surface area contributed by atoms with Gasteiger partial charge in [0.2, 0.25) is 0 Å². The van der Waals surface area contributed by atoms with Crippen molar-refractivity contribution in [3.8, 4) is 11.5 Å². The van der Waals surface area contributed by atoms with Crippen molar-refractivity contribution in [2.45, 2.75) is 10.9 Å². The molecule has 1 amide bonds. The minimum Gasteiger partial charge on any atom is -0.493 e. The standard InChI is InChI=1S/C24H20ClN3O3S2/c1-30-20-10-5-7-17(23(20)31-14-16-6-4-8-18(25)12-16)13-26-28-22(29)15-32-24-27-19-9-2-3-11-21(19)33-24/h2-13H,14-15H2,1H3,(H,28,29). The summed E-state index contributed by atoms with van der Waals surface area (Å²) in [6, 6.07) is 20.8. The Kier molecular flexibility index (Phi) is 7.83. The molecule has 0 fully saturated rings. The highest BCUT2D eigenvalue weighted by Gasteiger charge is 2.11. The molecule has 33 heavy (non-hydrogen) atoms. The smallest absolute Gasteiger partial charge is 0.250 e. The first-order valence-electron chi connectivity index (χ1n) is 9.97. The van der Waals surface area contributed by atoms with Crippen LogP contribution in [0.1, 0.15) is 11.1 Å². The second-order valence-electron chi connectivity index (χ2n) is 6.83. The van der Waals surface area contributed by atoms with Crippen LogP contribution in [0.3, 0.4) is 0 Å². The van der Waals surface area contributed by atoms with Crippen molar-refractivity contribution in [3.63, 3.8) is 0 Å². The number of nitrogens with zero attached hydrogens (tertiary/aromatic N) is 2. The van der Waals surface area contributed by atoms with E-state index >= 15 is 0 Å². The first-order chi connectivity index (χ1) is 16.1. The van der Waals surface area contributed by atoms with Gasteiger partial charge in [0.25, 0.3) is 5.91 Å². The number of nitrogens with one attached hydrogen (secondary N) is 1. The molecule has 9 heteroatoms. The number of benzene rings is 3. The summed E-state index contributed by atoms with van der Waals surface area (Å²) in [6.45, 7) is 0.312. The van der Waals surface area contributed by atoms with E-state index in [9.17, 15) is 4.79 Å². The third-order valence-corrected chi connectivity index (χ3v) is 6.91. The zero-order chi connectivity index (χ0) is 23.0. The van der Waals surface area contributed by atoms with Gasteiger partial charge in [-0.25, -0.2) is 10.4 Å². The van der Waals surface area contributed by atoms with Crippen LogP contribution >= 0.6 is 34.7 Å². The van der Waals surface area contributed by atoms with E-state index in [1.807, 2.05) is 60.7 Å². The lowest BCUT2D eigenvalue weighted by Crippen LogP contribution is -2.19. The number of para-hydroxylation sites is 2. The Morgan fingerprint density at radius 2 is 2.03 bits per heavy atom. The van der Waals surface area contributed by atoms with E-state index in [-0.39, 0.29) is 11.7 Å². The number of thiazole rings is 1. The molecule has 0 bridgehead atoms. The molecule has 168 valence electrons. The number of halogens is 1. The van der Waals surface area contributed by atoms with E-state index < -0.39 is 0 Å². The minimum atomic E-state index is -0.222. The van der Waals surface area contributed by atoms with E-state index in [1.165, 1.54) is 18.0 Å². The SMILES string of the molecule is COc1cccc(C=NNC(=O)CSc2nc3ccccc3s2)c1OCc1cccc(Cl)c1. The summed E-state index contributed by atoms with van der Waals surface area (Å²) in [5.74, 6) is 1.09. The fourth-order valence-corrected chi connectivity index (χ4v) is 5.05. The van der Waals surface area contributed by atoms with Crippen LogP contribution in [0.25, 0.3) is 10.2 Å². The van der Waals surface area contributed by atoms with Crippen LogP contribution in [0, 0.1) is 0 Å². The molecule has 0 saturated carbocycles. The number of aromatic nitrogens is 1. The summed E-state index contributed by atoms with van der Waals surface area (Å²) in [4.78, 5) is 16.8. The van der Waals surface area contributed by atoms with Gasteiger partial charge in [0.1, 0.15) is 6.61 Å². The third kappa shape index (κ3) is 6.25. The number of hydrogen-bond acceptors (Lipinski definition) is 7. The van der Waals surface area contributed by atoms with E-state index in [0.717, 1.165) is 20.1 Å².